The van der Waals surface area contributed by atoms with Gasteiger partial charge in [-0.15, -0.1) is 0 Å². The number of benzene rings is 1. The number of H-pyrrole nitrogens is 1. The number of aromatic amines is 1. The van der Waals surface area contributed by atoms with E-state index in [2.05, 4.69) is 27.3 Å². The van der Waals surface area contributed by atoms with Crippen LogP contribution in [-0.4, -0.2) is 19.6 Å². The maximum atomic E-state index is 13.8. The van der Waals surface area contributed by atoms with Gasteiger partial charge in [-0.05, 0) is 31.9 Å². The zero-order valence-corrected chi connectivity index (χ0v) is 14.8. The molecule has 0 aliphatic rings. The highest BCUT2D eigenvalue weighted by molar-refractivity contribution is 6.31. The Hall–Kier alpha value is -2.41. The van der Waals surface area contributed by atoms with Crippen LogP contribution >= 0.6 is 11.6 Å². The van der Waals surface area contributed by atoms with Gasteiger partial charge in [0, 0.05) is 22.7 Å². The van der Waals surface area contributed by atoms with Crippen molar-refractivity contribution < 1.29 is 4.39 Å². The van der Waals surface area contributed by atoms with Gasteiger partial charge >= 0.3 is 0 Å². The number of unbranched alkanes of at least 4 members (excludes halogenated alkanes) is 1. The van der Waals surface area contributed by atoms with E-state index < -0.39 is 5.82 Å². The highest BCUT2D eigenvalue weighted by Crippen LogP contribution is 2.19. The second-order valence-corrected chi connectivity index (χ2v) is 6.25. The van der Waals surface area contributed by atoms with E-state index in [0.717, 1.165) is 12.8 Å². The first-order valence-electron chi connectivity index (χ1n) is 8.16. The lowest BCUT2D eigenvalue weighted by atomic mass is 10.1. The van der Waals surface area contributed by atoms with Gasteiger partial charge in [0.2, 0.25) is 5.95 Å². The number of aromatic nitrogens is 4. The summed E-state index contributed by atoms with van der Waals surface area (Å²) in [6.07, 6.45) is 2.61. The van der Waals surface area contributed by atoms with Crippen molar-refractivity contribution in [3.05, 3.63) is 56.2 Å². The van der Waals surface area contributed by atoms with Gasteiger partial charge in [-0.2, -0.15) is 9.50 Å². The molecule has 132 valence electrons. The number of nitrogens with one attached hydrogen (secondary N) is 2. The summed E-state index contributed by atoms with van der Waals surface area (Å²) in [6, 6.07) is 4.51. The molecule has 2 aromatic heterocycles. The number of halogens is 2. The molecule has 0 aliphatic heterocycles. The van der Waals surface area contributed by atoms with E-state index in [4.69, 9.17) is 11.6 Å². The monoisotopic (exact) mass is 363 g/mol. The number of rotatable bonds is 6. The normalized spacial score (nSPS) is 11.2. The standard InChI is InChI=1S/C17H19ClFN5O/c1-3-4-6-11-10(2)21-17-22-16(23-24(17)15(11)25)20-9-12-13(18)7-5-8-14(12)19/h5,7-8H,3-4,6,9H2,1-2H3,(H2,20,21,22,23). The van der Waals surface area contributed by atoms with Crippen LogP contribution in [0.3, 0.4) is 0 Å². The first-order valence-corrected chi connectivity index (χ1v) is 8.54. The molecule has 25 heavy (non-hydrogen) atoms. The van der Waals surface area contributed by atoms with E-state index in [0.29, 0.717) is 34.2 Å². The maximum absolute atomic E-state index is 13.8. The molecular formula is C17H19ClFN5O. The van der Waals surface area contributed by atoms with Crippen LogP contribution in [0.1, 0.15) is 36.6 Å². The number of hydrogen-bond acceptors (Lipinski definition) is 4. The summed E-state index contributed by atoms with van der Waals surface area (Å²) in [5.41, 5.74) is 1.56. The third-order valence-corrected chi connectivity index (χ3v) is 4.42. The lowest BCUT2D eigenvalue weighted by Crippen LogP contribution is -2.22. The van der Waals surface area contributed by atoms with Gasteiger partial charge in [-0.1, -0.05) is 31.0 Å². The zero-order valence-electron chi connectivity index (χ0n) is 14.1. The average molecular weight is 364 g/mol. The Kier molecular flexibility index (Phi) is 5.03. The predicted molar refractivity (Wildman–Crippen MR) is 95.7 cm³/mol. The molecule has 0 bridgehead atoms. The van der Waals surface area contributed by atoms with Gasteiger partial charge in [0.25, 0.3) is 11.3 Å². The van der Waals surface area contributed by atoms with E-state index in [1.165, 1.54) is 10.6 Å². The summed E-state index contributed by atoms with van der Waals surface area (Å²) in [7, 11) is 0. The van der Waals surface area contributed by atoms with Crippen molar-refractivity contribution >= 4 is 23.3 Å². The Morgan fingerprint density at radius 2 is 2.12 bits per heavy atom. The Morgan fingerprint density at radius 1 is 1.32 bits per heavy atom. The lowest BCUT2D eigenvalue weighted by molar-refractivity contribution is 0.613. The predicted octanol–water partition coefficient (Wildman–Crippen LogP) is 3.47. The maximum Gasteiger partial charge on any atom is 0.277 e. The molecule has 3 aromatic rings. The van der Waals surface area contributed by atoms with E-state index in [1.807, 2.05) is 6.92 Å². The van der Waals surface area contributed by atoms with E-state index in [1.54, 1.807) is 12.1 Å². The third kappa shape index (κ3) is 3.51. The van der Waals surface area contributed by atoms with Crippen molar-refractivity contribution in [3.8, 4) is 0 Å². The molecule has 3 rings (SSSR count). The summed E-state index contributed by atoms with van der Waals surface area (Å²) >= 11 is 6.01. The van der Waals surface area contributed by atoms with Gasteiger partial charge in [-0.3, -0.25) is 9.89 Å². The summed E-state index contributed by atoms with van der Waals surface area (Å²) < 4.78 is 15.1. The number of hydrogen-bond donors (Lipinski definition) is 2. The van der Waals surface area contributed by atoms with Crippen LogP contribution in [-0.2, 0) is 13.0 Å². The van der Waals surface area contributed by atoms with Crippen LogP contribution in [0.5, 0.6) is 0 Å². The summed E-state index contributed by atoms with van der Waals surface area (Å²) in [4.78, 5) is 21.2. The van der Waals surface area contributed by atoms with Gasteiger partial charge in [-0.25, -0.2) is 9.37 Å². The van der Waals surface area contributed by atoms with Crippen LogP contribution in [0, 0.1) is 12.7 Å². The fourth-order valence-corrected chi connectivity index (χ4v) is 2.88. The molecule has 0 amide bonds. The largest absolute Gasteiger partial charge is 0.350 e. The molecule has 0 spiro atoms. The lowest BCUT2D eigenvalue weighted by Gasteiger charge is -2.06. The summed E-state index contributed by atoms with van der Waals surface area (Å²) in [6.45, 7) is 4.03. The summed E-state index contributed by atoms with van der Waals surface area (Å²) in [5, 5.41) is 6.15. The number of aryl methyl sites for hydroxylation is 1. The molecule has 8 heteroatoms. The highest BCUT2D eigenvalue weighted by Gasteiger charge is 2.13. The van der Waals surface area contributed by atoms with Gasteiger partial charge in [0.05, 0.1) is 5.69 Å². The van der Waals surface area contributed by atoms with Crippen molar-refractivity contribution in [2.24, 2.45) is 0 Å². The van der Waals surface area contributed by atoms with Crippen LogP contribution in [0.25, 0.3) is 5.78 Å². The highest BCUT2D eigenvalue weighted by atomic mass is 35.5. The van der Waals surface area contributed by atoms with E-state index >= 15 is 0 Å². The number of anilines is 1. The number of fused-ring (bicyclic) bond motifs is 1. The molecule has 2 heterocycles. The molecule has 2 N–H and O–H groups in total. The molecule has 0 saturated carbocycles. The second-order valence-electron chi connectivity index (χ2n) is 5.85. The van der Waals surface area contributed by atoms with Crippen LogP contribution < -0.4 is 10.9 Å². The smallest absolute Gasteiger partial charge is 0.277 e. The van der Waals surface area contributed by atoms with Crippen molar-refractivity contribution in [2.45, 2.75) is 39.7 Å². The Balaban J connectivity index is 1.89. The summed E-state index contributed by atoms with van der Waals surface area (Å²) in [5.74, 6) is 0.213. The third-order valence-electron chi connectivity index (χ3n) is 4.07. The first kappa shape index (κ1) is 17.4. The van der Waals surface area contributed by atoms with Crippen molar-refractivity contribution in [3.63, 3.8) is 0 Å². The van der Waals surface area contributed by atoms with Crippen LogP contribution in [0.15, 0.2) is 23.0 Å². The second kappa shape index (κ2) is 7.23. The van der Waals surface area contributed by atoms with Crippen LogP contribution in [0.4, 0.5) is 10.3 Å². The molecule has 0 unspecified atom stereocenters. The van der Waals surface area contributed by atoms with E-state index in [-0.39, 0.29) is 17.9 Å². The SMILES string of the molecule is CCCCc1c(C)nc2nc(NCc3c(F)cccc3Cl)[nH]n2c1=O. The molecule has 0 atom stereocenters. The minimum atomic E-state index is -0.399. The fourth-order valence-electron chi connectivity index (χ4n) is 2.65. The Morgan fingerprint density at radius 3 is 2.84 bits per heavy atom. The minimum absolute atomic E-state index is 0.141. The van der Waals surface area contributed by atoms with Crippen LogP contribution in [0.2, 0.25) is 5.02 Å². The van der Waals surface area contributed by atoms with Gasteiger partial charge in [0.1, 0.15) is 5.82 Å². The van der Waals surface area contributed by atoms with E-state index in [9.17, 15) is 9.18 Å². The molecule has 0 saturated heterocycles. The van der Waals surface area contributed by atoms with Gasteiger partial charge in [0.15, 0.2) is 0 Å². The van der Waals surface area contributed by atoms with Crippen molar-refractivity contribution in [1.29, 1.82) is 0 Å². The topological polar surface area (TPSA) is 75.1 Å². The molecule has 0 fully saturated rings. The Bertz CT molecular complexity index is 945. The van der Waals surface area contributed by atoms with Crippen molar-refractivity contribution in [2.75, 3.05) is 5.32 Å². The molecule has 1 aromatic carbocycles. The fraction of sp³-hybridized carbons (Fsp3) is 0.353. The quantitative estimate of drug-likeness (QED) is 0.703. The van der Waals surface area contributed by atoms with Gasteiger partial charge < -0.3 is 5.32 Å². The number of nitrogens with zero attached hydrogens (tertiary/aromatic N) is 3. The molecular weight excluding hydrogens is 345 g/mol. The molecule has 0 radical (unpaired) electrons. The first-order chi connectivity index (χ1) is 12.0. The Labute approximate surface area is 149 Å². The minimum Gasteiger partial charge on any atom is -0.350 e. The molecule has 0 aliphatic carbocycles. The zero-order chi connectivity index (χ0) is 18.0. The average Bonchev–Trinajstić information content (AvgIpc) is 2.97. The van der Waals surface area contributed by atoms with Crippen molar-refractivity contribution in [1.82, 2.24) is 19.6 Å². The molecule has 6 nitrogen and oxygen atoms in total.